The Labute approximate surface area is 137 Å². The zero-order chi connectivity index (χ0) is 16.5. The van der Waals surface area contributed by atoms with E-state index in [0.717, 1.165) is 31.2 Å². The molecule has 1 N–H and O–H groups in total. The fourth-order valence-corrected chi connectivity index (χ4v) is 2.96. The minimum absolute atomic E-state index is 0.132. The van der Waals surface area contributed by atoms with Gasteiger partial charge in [0.1, 0.15) is 12.6 Å². The highest BCUT2D eigenvalue weighted by molar-refractivity contribution is 5.81. The number of ether oxygens (including phenoxy) is 2. The van der Waals surface area contributed by atoms with Gasteiger partial charge in [-0.15, -0.1) is 0 Å². The zero-order valence-corrected chi connectivity index (χ0v) is 13.6. The molecule has 0 saturated heterocycles. The molecule has 0 spiro atoms. The third-order valence-corrected chi connectivity index (χ3v) is 4.15. The van der Waals surface area contributed by atoms with Crippen molar-refractivity contribution in [2.45, 2.75) is 51.7 Å². The monoisotopic (exact) mass is 319 g/mol. The van der Waals surface area contributed by atoms with Crippen LogP contribution in [0, 0.1) is 5.92 Å². The molecular formula is C18H25NO4. The first-order chi connectivity index (χ1) is 11.2. The van der Waals surface area contributed by atoms with E-state index in [-0.39, 0.29) is 18.5 Å². The molecule has 1 aliphatic carbocycles. The van der Waals surface area contributed by atoms with Gasteiger partial charge in [-0.1, -0.05) is 49.6 Å². The molecule has 1 aromatic carbocycles. The third kappa shape index (κ3) is 5.58. The Hall–Kier alpha value is -2.04. The predicted octanol–water partition coefficient (Wildman–Crippen LogP) is 3.42. The first kappa shape index (κ1) is 17.3. The van der Waals surface area contributed by atoms with Gasteiger partial charge in [-0.2, -0.15) is 0 Å². The van der Waals surface area contributed by atoms with E-state index in [9.17, 15) is 9.59 Å². The van der Waals surface area contributed by atoms with Crippen LogP contribution < -0.4 is 5.32 Å². The summed E-state index contributed by atoms with van der Waals surface area (Å²) in [5.41, 5.74) is 0.910. The van der Waals surface area contributed by atoms with E-state index in [1.54, 1.807) is 6.92 Å². The van der Waals surface area contributed by atoms with Gasteiger partial charge in [-0.25, -0.2) is 9.59 Å². The Morgan fingerprint density at radius 3 is 2.48 bits per heavy atom. The number of rotatable bonds is 6. The van der Waals surface area contributed by atoms with Gasteiger partial charge in [-0.3, -0.25) is 0 Å². The Morgan fingerprint density at radius 1 is 1.13 bits per heavy atom. The van der Waals surface area contributed by atoms with E-state index in [1.165, 1.54) is 6.42 Å². The standard InChI is InChI=1S/C18H25NO4/c1-2-22-17(20)16(15-11-7-4-8-12-15)19-18(21)23-13-14-9-5-3-6-10-14/h3,5-6,9-10,15-16H,2,4,7-8,11-13H2,1H3,(H,19,21). The lowest BCUT2D eigenvalue weighted by atomic mass is 9.84. The lowest BCUT2D eigenvalue weighted by molar-refractivity contribution is -0.147. The molecule has 1 unspecified atom stereocenters. The summed E-state index contributed by atoms with van der Waals surface area (Å²) >= 11 is 0. The lowest BCUT2D eigenvalue weighted by Gasteiger charge is -2.29. The van der Waals surface area contributed by atoms with E-state index in [1.807, 2.05) is 30.3 Å². The molecule has 23 heavy (non-hydrogen) atoms. The second-order valence-electron chi connectivity index (χ2n) is 5.83. The quantitative estimate of drug-likeness (QED) is 0.816. The Bertz CT molecular complexity index is 497. The van der Waals surface area contributed by atoms with Gasteiger partial charge in [0.05, 0.1) is 6.61 Å². The smallest absolute Gasteiger partial charge is 0.408 e. The van der Waals surface area contributed by atoms with Crippen molar-refractivity contribution in [3.05, 3.63) is 35.9 Å². The van der Waals surface area contributed by atoms with Crippen molar-refractivity contribution in [3.63, 3.8) is 0 Å². The molecule has 5 heteroatoms. The summed E-state index contributed by atoms with van der Waals surface area (Å²) in [6.45, 7) is 2.26. The zero-order valence-electron chi connectivity index (χ0n) is 13.6. The van der Waals surface area contributed by atoms with Crippen LogP contribution in [0.15, 0.2) is 30.3 Å². The highest BCUT2D eigenvalue weighted by atomic mass is 16.6. The molecule has 0 radical (unpaired) electrons. The number of hydrogen-bond donors (Lipinski definition) is 1. The van der Waals surface area contributed by atoms with E-state index in [0.29, 0.717) is 6.61 Å². The van der Waals surface area contributed by atoms with Crippen molar-refractivity contribution in [2.75, 3.05) is 6.61 Å². The first-order valence-electron chi connectivity index (χ1n) is 8.34. The van der Waals surface area contributed by atoms with Crippen molar-refractivity contribution < 1.29 is 19.1 Å². The second kappa shape index (κ2) is 9.18. The molecule has 2 rings (SSSR count). The third-order valence-electron chi connectivity index (χ3n) is 4.15. The molecule has 1 saturated carbocycles. The summed E-state index contributed by atoms with van der Waals surface area (Å²) < 4.78 is 10.3. The summed E-state index contributed by atoms with van der Waals surface area (Å²) in [7, 11) is 0. The Kier molecular flexibility index (Phi) is 6.91. The molecule has 126 valence electrons. The Balaban J connectivity index is 1.90. The van der Waals surface area contributed by atoms with Crippen LogP contribution in [0.2, 0.25) is 0 Å². The van der Waals surface area contributed by atoms with Crippen LogP contribution in [0.5, 0.6) is 0 Å². The summed E-state index contributed by atoms with van der Waals surface area (Å²) in [4.78, 5) is 24.2. The maximum Gasteiger partial charge on any atom is 0.408 e. The van der Waals surface area contributed by atoms with Gasteiger partial charge in [0.15, 0.2) is 0 Å². The molecule has 5 nitrogen and oxygen atoms in total. The van der Waals surface area contributed by atoms with Gasteiger partial charge >= 0.3 is 12.1 Å². The SMILES string of the molecule is CCOC(=O)C(NC(=O)OCc1ccccc1)C1CCCCC1. The van der Waals surface area contributed by atoms with Gasteiger partial charge < -0.3 is 14.8 Å². The van der Waals surface area contributed by atoms with Gasteiger partial charge in [0.25, 0.3) is 0 Å². The maximum absolute atomic E-state index is 12.2. The summed E-state index contributed by atoms with van der Waals surface area (Å²) in [5.74, 6) is -0.233. The summed E-state index contributed by atoms with van der Waals surface area (Å²) in [6.07, 6.45) is 4.65. The molecule has 1 fully saturated rings. The number of carbonyl (C=O) groups excluding carboxylic acids is 2. The number of nitrogens with one attached hydrogen (secondary N) is 1. The van der Waals surface area contributed by atoms with Crippen LogP contribution in [0.1, 0.15) is 44.6 Å². The molecule has 0 aliphatic heterocycles. The number of esters is 1. The van der Waals surface area contributed by atoms with Gasteiger partial charge in [0, 0.05) is 0 Å². The Morgan fingerprint density at radius 2 is 1.83 bits per heavy atom. The fraction of sp³-hybridized carbons (Fsp3) is 0.556. The predicted molar refractivity (Wildman–Crippen MR) is 86.8 cm³/mol. The highest BCUT2D eigenvalue weighted by Crippen LogP contribution is 2.27. The summed E-state index contributed by atoms with van der Waals surface area (Å²) in [6, 6.07) is 8.84. The van der Waals surface area contributed by atoms with Crippen LogP contribution in [-0.2, 0) is 20.9 Å². The average molecular weight is 319 g/mol. The van der Waals surface area contributed by atoms with E-state index in [4.69, 9.17) is 9.47 Å². The van der Waals surface area contributed by atoms with Crippen molar-refractivity contribution >= 4 is 12.1 Å². The molecule has 0 aromatic heterocycles. The van der Waals surface area contributed by atoms with E-state index < -0.39 is 12.1 Å². The molecular weight excluding hydrogens is 294 g/mol. The van der Waals surface area contributed by atoms with Crippen molar-refractivity contribution in [1.29, 1.82) is 0 Å². The van der Waals surface area contributed by atoms with Crippen molar-refractivity contribution in [2.24, 2.45) is 5.92 Å². The number of carbonyl (C=O) groups is 2. The van der Waals surface area contributed by atoms with Gasteiger partial charge in [0.2, 0.25) is 0 Å². The summed E-state index contributed by atoms with van der Waals surface area (Å²) in [5, 5.41) is 2.71. The molecule has 1 atom stereocenters. The largest absolute Gasteiger partial charge is 0.464 e. The van der Waals surface area contributed by atoms with Crippen LogP contribution in [0.3, 0.4) is 0 Å². The maximum atomic E-state index is 12.2. The van der Waals surface area contributed by atoms with E-state index >= 15 is 0 Å². The molecule has 1 aliphatic rings. The number of hydrogen-bond acceptors (Lipinski definition) is 4. The highest BCUT2D eigenvalue weighted by Gasteiger charge is 2.32. The topological polar surface area (TPSA) is 64.6 Å². The molecule has 1 amide bonds. The van der Waals surface area contributed by atoms with Gasteiger partial charge in [-0.05, 0) is 31.2 Å². The number of alkyl carbamates (subject to hydrolysis) is 1. The van der Waals surface area contributed by atoms with Crippen LogP contribution in [0.4, 0.5) is 4.79 Å². The van der Waals surface area contributed by atoms with Crippen LogP contribution in [-0.4, -0.2) is 24.7 Å². The minimum atomic E-state index is -0.612. The second-order valence-corrected chi connectivity index (χ2v) is 5.83. The van der Waals surface area contributed by atoms with Crippen LogP contribution >= 0.6 is 0 Å². The minimum Gasteiger partial charge on any atom is -0.464 e. The van der Waals surface area contributed by atoms with E-state index in [2.05, 4.69) is 5.32 Å². The van der Waals surface area contributed by atoms with Crippen molar-refractivity contribution in [1.82, 2.24) is 5.32 Å². The molecule has 1 aromatic rings. The normalized spacial score (nSPS) is 16.4. The fourth-order valence-electron chi connectivity index (χ4n) is 2.96. The number of benzene rings is 1. The molecule has 0 bridgehead atoms. The van der Waals surface area contributed by atoms with Crippen molar-refractivity contribution in [3.8, 4) is 0 Å². The molecule has 0 heterocycles. The lowest BCUT2D eigenvalue weighted by Crippen LogP contribution is -2.47. The first-order valence-corrected chi connectivity index (χ1v) is 8.34. The number of amides is 1. The average Bonchev–Trinajstić information content (AvgIpc) is 2.59. The van der Waals surface area contributed by atoms with Crippen LogP contribution in [0.25, 0.3) is 0 Å².